The second kappa shape index (κ2) is 17.9. The Hall–Kier alpha value is -2.24. The standard InChI is InChI=1S/C17H29NO2.C16H26O3.4CH4/c1-12(10-17(5,6)11-16(2,3)4)8-13-9-14(19)18(7)15(13)20;1-11(7-12-8-13(17)19-14(12)18)9-16(5,6)10-15(2,3)4;;;;/h13H,1,8-11H2,2-7H3;12H,1,7-10H2,2-6H3;4*1H4. The minimum absolute atomic E-state index is 0. The quantitative estimate of drug-likeness (QED) is 0.107. The van der Waals surface area contributed by atoms with E-state index in [2.05, 4.69) is 87.1 Å². The maximum absolute atomic E-state index is 11.9. The van der Waals surface area contributed by atoms with Crippen molar-refractivity contribution in [1.29, 1.82) is 0 Å². The molecule has 43 heavy (non-hydrogen) atoms. The summed E-state index contributed by atoms with van der Waals surface area (Å²) in [7, 11) is 1.57. The molecule has 6 heteroatoms. The average Bonchev–Trinajstić information content (AvgIpc) is 3.09. The minimum atomic E-state index is -0.406. The molecule has 2 heterocycles. The zero-order valence-electron chi connectivity index (χ0n) is 26.7. The molecule has 0 saturated carbocycles. The van der Waals surface area contributed by atoms with E-state index in [0.717, 1.165) is 36.8 Å². The van der Waals surface area contributed by atoms with E-state index in [1.165, 1.54) is 4.90 Å². The molecule has 0 N–H and O–H groups in total. The van der Waals surface area contributed by atoms with Gasteiger partial charge in [0.05, 0.1) is 18.3 Å². The van der Waals surface area contributed by atoms with Crippen molar-refractivity contribution in [2.45, 2.75) is 150 Å². The number of imide groups is 1. The highest BCUT2D eigenvalue weighted by atomic mass is 16.6. The molecule has 0 bridgehead atoms. The SMILES string of the molecule is C.C.C.C.C=C(CC1CC(=O)N(C)C1=O)CC(C)(C)CC(C)(C)C.C=C(CC1CC(=O)OC1=O)CC(C)(C)CC(C)(C)C. The van der Waals surface area contributed by atoms with E-state index in [-0.39, 0.29) is 87.4 Å². The van der Waals surface area contributed by atoms with Gasteiger partial charge in [-0.2, -0.15) is 0 Å². The van der Waals surface area contributed by atoms with Gasteiger partial charge in [-0.3, -0.25) is 24.1 Å². The van der Waals surface area contributed by atoms with Crippen LogP contribution < -0.4 is 0 Å². The lowest BCUT2D eigenvalue weighted by Gasteiger charge is -2.33. The molecule has 0 radical (unpaired) electrons. The third kappa shape index (κ3) is 18.2. The van der Waals surface area contributed by atoms with Crippen LogP contribution in [0.1, 0.15) is 150 Å². The summed E-state index contributed by atoms with van der Waals surface area (Å²) >= 11 is 0. The minimum Gasteiger partial charge on any atom is -0.393 e. The van der Waals surface area contributed by atoms with E-state index < -0.39 is 5.97 Å². The van der Waals surface area contributed by atoms with E-state index >= 15 is 0 Å². The van der Waals surface area contributed by atoms with E-state index in [0.29, 0.717) is 19.3 Å². The van der Waals surface area contributed by atoms with Gasteiger partial charge in [0, 0.05) is 13.5 Å². The van der Waals surface area contributed by atoms with Crippen LogP contribution in [0.25, 0.3) is 0 Å². The Bertz CT molecular complexity index is 958. The van der Waals surface area contributed by atoms with Crippen LogP contribution in [0.3, 0.4) is 0 Å². The zero-order chi connectivity index (χ0) is 30.6. The van der Waals surface area contributed by atoms with Crippen LogP contribution in [-0.4, -0.2) is 35.7 Å². The molecular weight excluding hydrogens is 538 g/mol. The Morgan fingerprint density at radius 1 is 0.698 bits per heavy atom. The van der Waals surface area contributed by atoms with Crippen molar-refractivity contribution in [3.63, 3.8) is 0 Å². The van der Waals surface area contributed by atoms with Crippen molar-refractivity contribution in [2.24, 2.45) is 33.5 Å². The number of esters is 2. The first kappa shape index (κ1) is 47.7. The van der Waals surface area contributed by atoms with Crippen LogP contribution in [0.15, 0.2) is 24.3 Å². The average molecular weight is 610 g/mol. The predicted octanol–water partition coefficient (Wildman–Crippen LogP) is 10.2. The van der Waals surface area contributed by atoms with E-state index in [4.69, 9.17) is 0 Å². The van der Waals surface area contributed by atoms with Crippen LogP contribution in [-0.2, 0) is 23.9 Å². The molecular formula is C37H71NO5. The number of allylic oxidation sites excluding steroid dienone is 2. The van der Waals surface area contributed by atoms with Crippen molar-refractivity contribution < 1.29 is 23.9 Å². The summed E-state index contributed by atoms with van der Waals surface area (Å²) in [6.45, 7) is 30.6. The van der Waals surface area contributed by atoms with Crippen LogP contribution in [0.2, 0.25) is 0 Å². The summed E-state index contributed by atoms with van der Waals surface area (Å²) < 4.78 is 4.57. The summed E-state index contributed by atoms with van der Waals surface area (Å²) in [5.74, 6) is -1.42. The van der Waals surface area contributed by atoms with Gasteiger partial charge in [-0.1, -0.05) is 123 Å². The lowest BCUT2D eigenvalue weighted by atomic mass is 9.72. The first-order valence-corrected chi connectivity index (χ1v) is 14.3. The normalized spacial score (nSPS) is 18.7. The van der Waals surface area contributed by atoms with E-state index in [1.54, 1.807) is 7.05 Å². The molecule has 2 fully saturated rings. The zero-order valence-corrected chi connectivity index (χ0v) is 26.7. The molecule has 0 aromatic carbocycles. The Kier molecular flexibility index (Phi) is 19.9. The number of hydrogen-bond acceptors (Lipinski definition) is 5. The molecule has 2 aliphatic rings. The number of carbonyl (C=O) groups is 4. The van der Waals surface area contributed by atoms with Gasteiger partial charge in [0.1, 0.15) is 0 Å². The van der Waals surface area contributed by atoms with Gasteiger partial charge in [-0.05, 0) is 60.2 Å². The summed E-state index contributed by atoms with van der Waals surface area (Å²) in [5.41, 5.74) is 3.00. The van der Waals surface area contributed by atoms with Gasteiger partial charge < -0.3 is 4.74 Å². The highest BCUT2D eigenvalue weighted by molar-refractivity contribution is 6.03. The third-order valence-electron chi connectivity index (χ3n) is 6.98. The fourth-order valence-electron chi connectivity index (χ4n) is 6.86. The molecule has 2 unspecified atom stereocenters. The van der Waals surface area contributed by atoms with Gasteiger partial charge >= 0.3 is 11.9 Å². The Morgan fingerprint density at radius 2 is 1.07 bits per heavy atom. The second-order valence-electron chi connectivity index (χ2n) is 16.0. The topological polar surface area (TPSA) is 80.8 Å². The van der Waals surface area contributed by atoms with Crippen molar-refractivity contribution in [3.05, 3.63) is 24.3 Å². The number of cyclic esters (lactones) is 2. The molecule has 2 rings (SSSR count). The van der Waals surface area contributed by atoms with E-state index in [9.17, 15) is 19.2 Å². The lowest BCUT2D eigenvalue weighted by molar-refractivity contribution is -0.153. The lowest BCUT2D eigenvalue weighted by Crippen LogP contribution is -2.26. The van der Waals surface area contributed by atoms with Crippen LogP contribution in [0.4, 0.5) is 0 Å². The fraction of sp³-hybridized carbons (Fsp3) is 0.784. The molecule has 0 aliphatic carbocycles. The van der Waals surface area contributed by atoms with Gasteiger partial charge in [-0.25, -0.2) is 0 Å². The molecule has 2 amide bonds. The number of carbonyl (C=O) groups excluding carboxylic acids is 4. The first-order chi connectivity index (χ1) is 17.4. The number of likely N-dealkylation sites (tertiary alicyclic amines) is 1. The monoisotopic (exact) mass is 610 g/mol. The molecule has 0 spiro atoms. The van der Waals surface area contributed by atoms with Crippen molar-refractivity contribution in [1.82, 2.24) is 4.90 Å². The Labute approximate surface area is 267 Å². The Balaban J connectivity index is -0.000000324. The van der Waals surface area contributed by atoms with Crippen LogP contribution in [0, 0.1) is 33.5 Å². The van der Waals surface area contributed by atoms with E-state index in [1.807, 2.05) is 0 Å². The number of amides is 2. The van der Waals surface area contributed by atoms with Crippen LogP contribution >= 0.6 is 0 Å². The largest absolute Gasteiger partial charge is 0.393 e. The smallest absolute Gasteiger partial charge is 0.317 e. The highest BCUT2D eigenvalue weighted by Gasteiger charge is 2.37. The van der Waals surface area contributed by atoms with Crippen molar-refractivity contribution >= 4 is 23.8 Å². The number of hydrogen-bond donors (Lipinski definition) is 0. The molecule has 0 aromatic rings. The summed E-state index contributed by atoms with van der Waals surface area (Å²) in [5, 5.41) is 0. The molecule has 2 saturated heterocycles. The molecule has 6 nitrogen and oxygen atoms in total. The van der Waals surface area contributed by atoms with Crippen molar-refractivity contribution in [2.75, 3.05) is 7.05 Å². The third-order valence-corrected chi connectivity index (χ3v) is 6.98. The summed E-state index contributed by atoms with van der Waals surface area (Å²) in [6.07, 6.45) is 5.74. The molecule has 254 valence electrons. The number of ether oxygens (including phenoxy) is 1. The Morgan fingerprint density at radius 3 is 1.35 bits per heavy atom. The van der Waals surface area contributed by atoms with Gasteiger partial charge in [-0.15, -0.1) is 0 Å². The van der Waals surface area contributed by atoms with Crippen LogP contribution in [0.5, 0.6) is 0 Å². The fourth-order valence-corrected chi connectivity index (χ4v) is 6.86. The summed E-state index contributed by atoms with van der Waals surface area (Å²) in [6, 6.07) is 0. The number of rotatable bonds is 10. The van der Waals surface area contributed by atoms with Crippen molar-refractivity contribution in [3.8, 4) is 0 Å². The predicted molar refractivity (Wildman–Crippen MR) is 184 cm³/mol. The first-order valence-electron chi connectivity index (χ1n) is 14.3. The molecule has 0 aromatic heterocycles. The van der Waals surface area contributed by atoms with Gasteiger partial charge in [0.25, 0.3) is 0 Å². The van der Waals surface area contributed by atoms with Gasteiger partial charge in [0.2, 0.25) is 11.8 Å². The number of nitrogens with zero attached hydrogens (tertiary/aromatic N) is 1. The molecule has 2 aliphatic heterocycles. The second-order valence-corrected chi connectivity index (χ2v) is 16.0. The van der Waals surface area contributed by atoms with Gasteiger partial charge in [0.15, 0.2) is 0 Å². The maximum Gasteiger partial charge on any atom is 0.317 e. The highest BCUT2D eigenvalue weighted by Crippen LogP contribution is 2.40. The molecule has 2 atom stereocenters. The maximum atomic E-state index is 11.9. The summed E-state index contributed by atoms with van der Waals surface area (Å²) in [4.78, 5) is 47.2.